The molecule has 0 saturated carbocycles. The van der Waals surface area contributed by atoms with E-state index in [0.29, 0.717) is 34.1 Å². The fraction of sp³-hybridized carbons (Fsp3) is 0.138. The smallest absolute Gasteiger partial charge is 0.151 e. The van der Waals surface area contributed by atoms with Crippen LogP contribution < -0.4 is 9.47 Å². The van der Waals surface area contributed by atoms with E-state index in [0.717, 1.165) is 11.1 Å². The molecular formula is C29H29N3O4. The summed E-state index contributed by atoms with van der Waals surface area (Å²) in [5.74, 6) is 2.48. The number of pyridine rings is 1. The SMILES string of the molecule is COc1cc(N=Cc2cccc(C)c2O)cc(OC)c1.Cc1cccc(C=Nc2ccccn2)c1O. The number of rotatable bonds is 6. The van der Waals surface area contributed by atoms with Gasteiger partial charge in [0.05, 0.1) is 19.9 Å². The van der Waals surface area contributed by atoms with E-state index in [9.17, 15) is 10.2 Å². The number of benzene rings is 3. The van der Waals surface area contributed by atoms with Crippen molar-refractivity contribution in [1.82, 2.24) is 4.98 Å². The highest BCUT2D eigenvalue weighted by atomic mass is 16.5. The fourth-order valence-electron chi connectivity index (χ4n) is 3.15. The standard InChI is InChI=1S/C16H17NO3.C13H12N2O/c1-11-5-4-6-12(16(11)18)10-17-13-7-14(19-2)9-15(8-13)20-3;1-10-5-4-6-11(13(10)16)9-15-12-7-2-3-8-14-12/h4-10,18H,1-3H3;2-9,16H,1H3. The molecule has 1 aromatic heterocycles. The summed E-state index contributed by atoms with van der Waals surface area (Å²) in [5, 5.41) is 19.7. The van der Waals surface area contributed by atoms with Gasteiger partial charge in [-0.25, -0.2) is 9.98 Å². The zero-order valence-corrected chi connectivity index (χ0v) is 20.7. The van der Waals surface area contributed by atoms with Crippen LogP contribution in [0.25, 0.3) is 0 Å². The number of ether oxygens (including phenoxy) is 2. The molecule has 7 heteroatoms. The molecule has 0 bridgehead atoms. The summed E-state index contributed by atoms with van der Waals surface area (Å²) in [4.78, 5) is 12.6. The third-order valence-corrected chi connectivity index (χ3v) is 5.21. The van der Waals surface area contributed by atoms with E-state index >= 15 is 0 Å². The van der Waals surface area contributed by atoms with Crippen molar-refractivity contribution in [2.45, 2.75) is 13.8 Å². The number of para-hydroxylation sites is 2. The van der Waals surface area contributed by atoms with Crippen molar-refractivity contribution in [1.29, 1.82) is 0 Å². The van der Waals surface area contributed by atoms with Crippen molar-refractivity contribution in [2.75, 3.05) is 14.2 Å². The minimum Gasteiger partial charge on any atom is -0.507 e. The van der Waals surface area contributed by atoms with E-state index in [4.69, 9.17) is 9.47 Å². The Hall–Kier alpha value is -4.65. The molecular weight excluding hydrogens is 454 g/mol. The molecule has 2 N–H and O–H groups in total. The Labute approximate surface area is 211 Å². The Bertz CT molecular complexity index is 1330. The summed E-state index contributed by atoms with van der Waals surface area (Å²) >= 11 is 0. The maximum Gasteiger partial charge on any atom is 0.151 e. The fourth-order valence-corrected chi connectivity index (χ4v) is 3.15. The zero-order chi connectivity index (χ0) is 25.9. The molecule has 0 aliphatic heterocycles. The van der Waals surface area contributed by atoms with E-state index in [1.807, 2.05) is 68.4 Å². The Kier molecular flexibility index (Phi) is 9.17. The van der Waals surface area contributed by atoms with Gasteiger partial charge in [-0.2, -0.15) is 0 Å². The van der Waals surface area contributed by atoms with Crippen molar-refractivity contribution in [3.8, 4) is 23.0 Å². The molecule has 4 aromatic rings. The van der Waals surface area contributed by atoms with Gasteiger partial charge >= 0.3 is 0 Å². The lowest BCUT2D eigenvalue weighted by Crippen LogP contribution is -1.87. The first-order chi connectivity index (χ1) is 17.4. The average molecular weight is 484 g/mol. The number of aliphatic imine (C=N–C) groups is 2. The van der Waals surface area contributed by atoms with Crippen molar-refractivity contribution >= 4 is 23.9 Å². The number of aryl methyl sites for hydroxylation is 2. The van der Waals surface area contributed by atoms with Crippen LogP contribution in [0.5, 0.6) is 23.0 Å². The molecule has 0 atom stereocenters. The van der Waals surface area contributed by atoms with Crippen LogP contribution in [-0.4, -0.2) is 41.8 Å². The zero-order valence-electron chi connectivity index (χ0n) is 20.7. The lowest BCUT2D eigenvalue weighted by Gasteiger charge is -2.06. The topological polar surface area (TPSA) is 96.5 Å². The summed E-state index contributed by atoms with van der Waals surface area (Å²) in [6.07, 6.45) is 4.92. The second-order valence-electron chi connectivity index (χ2n) is 7.80. The first-order valence-corrected chi connectivity index (χ1v) is 11.2. The van der Waals surface area contributed by atoms with Crippen molar-refractivity contribution < 1.29 is 19.7 Å². The second kappa shape index (κ2) is 12.7. The second-order valence-corrected chi connectivity index (χ2v) is 7.80. The van der Waals surface area contributed by atoms with Gasteiger partial charge in [-0.1, -0.05) is 30.3 Å². The van der Waals surface area contributed by atoms with Gasteiger partial charge in [-0.05, 0) is 49.2 Å². The van der Waals surface area contributed by atoms with Gasteiger partial charge in [0.1, 0.15) is 23.0 Å². The molecule has 0 saturated heterocycles. The van der Waals surface area contributed by atoms with E-state index in [2.05, 4.69) is 15.0 Å². The van der Waals surface area contributed by atoms with Crippen LogP contribution in [0, 0.1) is 13.8 Å². The number of aromatic nitrogens is 1. The molecule has 0 radical (unpaired) electrons. The number of hydrogen-bond donors (Lipinski definition) is 2. The lowest BCUT2D eigenvalue weighted by molar-refractivity contribution is 0.394. The summed E-state index contributed by atoms with van der Waals surface area (Å²) < 4.78 is 10.4. The number of hydrogen-bond acceptors (Lipinski definition) is 7. The Morgan fingerprint density at radius 2 is 1.25 bits per heavy atom. The quantitative estimate of drug-likeness (QED) is 0.313. The Morgan fingerprint density at radius 1 is 0.694 bits per heavy atom. The Balaban J connectivity index is 0.000000205. The summed E-state index contributed by atoms with van der Waals surface area (Å²) in [6.45, 7) is 3.70. The minimum absolute atomic E-state index is 0.242. The first kappa shape index (κ1) is 26.0. The van der Waals surface area contributed by atoms with Gasteiger partial charge in [0.25, 0.3) is 0 Å². The predicted molar refractivity (Wildman–Crippen MR) is 144 cm³/mol. The van der Waals surface area contributed by atoms with E-state index < -0.39 is 0 Å². The first-order valence-electron chi connectivity index (χ1n) is 11.2. The van der Waals surface area contributed by atoms with Crippen LogP contribution in [0.2, 0.25) is 0 Å². The summed E-state index contributed by atoms with van der Waals surface area (Å²) in [5.41, 5.74) is 3.72. The van der Waals surface area contributed by atoms with E-state index in [1.54, 1.807) is 51.0 Å². The van der Waals surface area contributed by atoms with Crippen LogP contribution in [0.1, 0.15) is 22.3 Å². The molecule has 0 spiro atoms. The molecule has 36 heavy (non-hydrogen) atoms. The molecule has 3 aromatic carbocycles. The molecule has 0 aliphatic carbocycles. The van der Waals surface area contributed by atoms with E-state index in [1.165, 1.54) is 0 Å². The monoisotopic (exact) mass is 483 g/mol. The third-order valence-electron chi connectivity index (χ3n) is 5.21. The molecule has 0 fully saturated rings. The summed E-state index contributed by atoms with van der Waals surface area (Å²) in [7, 11) is 3.18. The van der Waals surface area contributed by atoms with Crippen molar-refractivity contribution in [3.63, 3.8) is 0 Å². The average Bonchev–Trinajstić information content (AvgIpc) is 2.91. The third kappa shape index (κ3) is 7.17. The van der Waals surface area contributed by atoms with Crippen molar-refractivity contribution in [2.24, 2.45) is 9.98 Å². The number of phenols is 2. The molecule has 0 unspecified atom stereocenters. The number of aromatic hydroxyl groups is 2. The maximum atomic E-state index is 9.94. The predicted octanol–water partition coefficient (Wildman–Crippen LogP) is 6.31. The number of nitrogens with zero attached hydrogens (tertiary/aromatic N) is 3. The normalized spacial score (nSPS) is 10.8. The van der Waals surface area contributed by atoms with Gasteiger partial charge in [-0.3, -0.25) is 4.99 Å². The molecule has 0 amide bonds. The van der Waals surface area contributed by atoms with Crippen LogP contribution >= 0.6 is 0 Å². The van der Waals surface area contributed by atoms with Gasteiger partial charge in [0, 0.05) is 48.0 Å². The van der Waals surface area contributed by atoms with Crippen LogP contribution in [-0.2, 0) is 0 Å². The van der Waals surface area contributed by atoms with Gasteiger partial charge in [0.15, 0.2) is 5.82 Å². The molecule has 1 heterocycles. The van der Waals surface area contributed by atoms with E-state index in [-0.39, 0.29) is 11.5 Å². The summed E-state index contributed by atoms with van der Waals surface area (Å²) in [6, 6.07) is 22.0. The number of methoxy groups -OCH3 is 2. The van der Waals surface area contributed by atoms with Crippen LogP contribution in [0.15, 0.2) is 89.0 Å². The number of phenolic OH excluding ortho intramolecular Hbond substituents is 2. The molecule has 4 rings (SSSR count). The molecule has 184 valence electrons. The highest BCUT2D eigenvalue weighted by Crippen LogP contribution is 2.28. The van der Waals surface area contributed by atoms with Crippen LogP contribution in [0.4, 0.5) is 11.5 Å². The Morgan fingerprint density at radius 3 is 1.75 bits per heavy atom. The van der Waals surface area contributed by atoms with Gasteiger partial charge < -0.3 is 19.7 Å². The highest BCUT2D eigenvalue weighted by Gasteiger charge is 2.03. The largest absolute Gasteiger partial charge is 0.507 e. The van der Waals surface area contributed by atoms with Gasteiger partial charge in [-0.15, -0.1) is 0 Å². The highest BCUT2D eigenvalue weighted by molar-refractivity contribution is 5.86. The molecule has 0 aliphatic rings. The van der Waals surface area contributed by atoms with Crippen LogP contribution in [0.3, 0.4) is 0 Å². The van der Waals surface area contributed by atoms with Gasteiger partial charge in [0.2, 0.25) is 0 Å². The molecule has 7 nitrogen and oxygen atoms in total. The minimum atomic E-state index is 0.242. The maximum absolute atomic E-state index is 9.94. The van der Waals surface area contributed by atoms with Crippen molar-refractivity contribution in [3.05, 3.63) is 101 Å². The lowest BCUT2D eigenvalue weighted by atomic mass is 10.1.